The summed E-state index contributed by atoms with van der Waals surface area (Å²) in [6, 6.07) is 11.0. The molecule has 0 saturated heterocycles. The number of hydrogen-bond acceptors (Lipinski definition) is 6. The van der Waals surface area contributed by atoms with Gasteiger partial charge in [0.1, 0.15) is 5.69 Å². The Hall–Kier alpha value is -3.09. The van der Waals surface area contributed by atoms with Crippen LogP contribution in [0.25, 0.3) is 0 Å². The molecule has 0 unspecified atom stereocenters. The van der Waals surface area contributed by atoms with Crippen molar-refractivity contribution in [1.29, 1.82) is 0 Å². The first-order valence-corrected chi connectivity index (χ1v) is 6.01. The van der Waals surface area contributed by atoms with Gasteiger partial charge in [0, 0.05) is 6.07 Å². The van der Waals surface area contributed by atoms with Crippen LogP contribution in [0.2, 0.25) is 0 Å². The Morgan fingerprint density at radius 3 is 2.76 bits per heavy atom. The third-order valence-electron chi connectivity index (χ3n) is 2.70. The summed E-state index contributed by atoms with van der Waals surface area (Å²) < 4.78 is 4.93. The van der Waals surface area contributed by atoms with Crippen LogP contribution < -0.4 is 10.2 Å². The second-order valence-electron chi connectivity index (χ2n) is 4.08. The molecule has 0 spiro atoms. The van der Waals surface area contributed by atoms with Gasteiger partial charge in [-0.2, -0.15) is 5.10 Å². The zero-order valence-electron chi connectivity index (χ0n) is 11.2. The molecular weight excluding hydrogens is 274 g/mol. The van der Waals surface area contributed by atoms with E-state index >= 15 is 0 Å². The molecule has 0 aromatic heterocycles. The third-order valence-corrected chi connectivity index (χ3v) is 2.70. The largest absolute Gasteiger partial charge is 0.504 e. The van der Waals surface area contributed by atoms with E-state index < -0.39 is 4.92 Å². The number of para-hydroxylation sites is 2. The monoisotopic (exact) mass is 287 g/mol. The Morgan fingerprint density at radius 1 is 1.33 bits per heavy atom. The molecule has 0 aliphatic carbocycles. The molecule has 0 fully saturated rings. The molecule has 21 heavy (non-hydrogen) atoms. The zero-order valence-corrected chi connectivity index (χ0v) is 11.2. The van der Waals surface area contributed by atoms with Crippen LogP contribution >= 0.6 is 0 Å². The van der Waals surface area contributed by atoms with Gasteiger partial charge in [-0.25, -0.2) is 0 Å². The van der Waals surface area contributed by atoms with Gasteiger partial charge in [-0.1, -0.05) is 12.1 Å². The number of nitro benzene ring substituents is 1. The molecule has 0 atom stereocenters. The summed E-state index contributed by atoms with van der Waals surface area (Å²) in [5, 5.41) is 24.4. The van der Waals surface area contributed by atoms with Gasteiger partial charge in [-0.3, -0.25) is 15.5 Å². The highest BCUT2D eigenvalue weighted by molar-refractivity contribution is 5.81. The van der Waals surface area contributed by atoms with E-state index in [1.807, 2.05) is 0 Å². The van der Waals surface area contributed by atoms with Crippen molar-refractivity contribution in [3.63, 3.8) is 0 Å². The van der Waals surface area contributed by atoms with E-state index in [1.165, 1.54) is 25.5 Å². The Labute approximate surface area is 120 Å². The molecule has 0 saturated carbocycles. The molecular formula is C14H13N3O4. The Morgan fingerprint density at radius 2 is 2.10 bits per heavy atom. The molecule has 2 aromatic carbocycles. The van der Waals surface area contributed by atoms with Crippen molar-refractivity contribution in [3.8, 4) is 11.5 Å². The molecule has 2 rings (SSSR count). The Balaban J connectivity index is 2.13. The molecule has 0 radical (unpaired) electrons. The van der Waals surface area contributed by atoms with E-state index in [4.69, 9.17) is 4.74 Å². The van der Waals surface area contributed by atoms with Crippen molar-refractivity contribution < 1.29 is 14.8 Å². The number of benzene rings is 2. The predicted octanol–water partition coefficient (Wildman–Crippen LogP) is 2.76. The van der Waals surface area contributed by atoms with Gasteiger partial charge < -0.3 is 9.84 Å². The number of hydrazone groups is 1. The second-order valence-corrected chi connectivity index (χ2v) is 4.08. The first-order chi connectivity index (χ1) is 10.1. The van der Waals surface area contributed by atoms with Crippen LogP contribution in [0.4, 0.5) is 11.4 Å². The first kappa shape index (κ1) is 14.3. The van der Waals surface area contributed by atoms with Crippen LogP contribution in [0, 0.1) is 10.1 Å². The smallest absolute Gasteiger partial charge is 0.294 e. The van der Waals surface area contributed by atoms with E-state index in [9.17, 15) is 15.2 Å². The number of phenols is 1. The van der Waals surface area contributed by atoms with Crippen LogP contribution in [0.15, 0.2) is 47.6 Å². The van der Waals surface area contributed by atoms with Crippen LogP contribution in [-0.4, -0.2) is 23.4 Å². The molecule has 2 aromatic rings. The minimum absolute atomic E-state index is 0.00728. The highest BCUT2D eigenvalue weighted by atomic mass is 16.6. The maximum atomic E-state index is 10.8. The minimum atomic E-state index is -0.489. The summed E-state index contributed by atoms with van der Waals surface area (Å²) in [6.07, 6.45) is 1.44. The Bertz CT molecular complexity index is 686. The number of aromatic hydroxyl groups is 1. The summed E-state index contributed by atoms with van der Waals surface area (Å²) in [7, 11) is 1.46. The summed E-state index contributed by atoms with van der Waals surface area (Å²) in [6.45, 7) is 0. The van der Waals surface area contributed by atoms with Gasteiger partial charge >= 0.3 is 0 Å². The zero-order chi connectivity index (χ0) is 15.2. The molecule has 2 N–H and O–H groups in total. The van der Waals surface area contributed by atoms with E-state index in [0.717, 1.165) is 0 Å². The fourth-order valence-electron chi connectivity index (χ4n) is 1.69. The van der Waals surface area contributed by atoms with Gasteiger partial charge in [0.15, 0.2) is 11.5 Å². The van der Waals surface area contributed by atoms with E-state index in [0.29, 0.717) is 11.3 Å². The van der Waals surface area contributed by atoms with Gasteiger partial charge in [0.05, 0.1) is 18.2 Å². The molecule has 108 valence electrons. The standard InChI is InChI=1S/C14H13N3O4/c1-21-14-7-6-10(8-13(14)18)9-15-16-11-4-2-3-5-12(11)17(19)20/h2-9,16,18H,1H3/b15-9+. The number of phenolic OH excluding ortho intramolecular Hbond substituents is 1. The van der Waals surface area contributed by atoms with Crippen molar-refractivity contribution in [1.82, 2.24) is 0 Å². The highest BCUT2D eigenvalue weighted by Crippen LogP contribution is 2.26. The summed E-state index contributed by atoms with van der Waals surface area (Å²) >= 11 is 0. The third kappa shape index (κ3) is 3.47. The maximum absolute atomic E-state index is 10.8. The van der Waals surface area contributed by atoms with Crippen molar-refractivity contribution in [2.45, 2.75) is 0 Å². The number of anilines is 1. The van der Waals surface area contributed by atoms with E-state index in [-0.39, 0.29) is 17.1 Å². The number of rotatable bonds is 5. The van der Waals surface area contributed by atoms with Crippen LogP contribution in [0.1, 0.15) is 5.56 Å². The van der Waals surface area contributed by atoms with Gasteiger partial charge in [-0.05, 0) is 29.8 Å². The molecule has 7 nitrogen and oxygen atoms in total. The van der Waals surface area contributed by atoms with Crippen molar-refractivity contribution in [2.24, 2.45) is 5.10 Å². The van der Waals surface area contributed by atoms with Crippen molar-refractivity contribution >= 4 is 17.6 Å². The molecule has 0 aliphatic rings. The van der Waals surface area contributed by atoms with E-state index in [2.05, 4.69) is 10.5 Å². The lowest BCUT2D eigenvalue weighted by Gasteiger charge is -2.03. The van der Waals surface area contributed by atoms with Gasteiger partial charge in [0.2, 0.25) is 0 Å². The molecule has 7 heteroatoms. The van der Waals surface area contributed by atoms with Crippen LogP contribution in [0.3, 0.4) is 0 Å². The van der Waals surface area contributed by atoms with Crippen molar-refractivity contribution in [3.05, 3.63) is 58.1 Å². The minimum Gasteiger partial charge on any atom is -0.504 e. The summed E-state index contributed by atoms with van der Waals surface area (Å²) in [4.78, 5) is 10.3. The SMILES string of the molecule is COc1ccc(/C=N/Nc2ccccc2[N+](=O)[O-])cc1O. The number of nitrogens with zero attached hydrogens (tertiary/aromatic N) is 2. The number of hydrogen-bond donors (Lipinski definition) is 2. The number of nitro groups is 1. The molecule has 0 amide bonds. The average molecular weight is 287 g/mol. The average Bonchev–Trinajstić information content (AvgIpc) is 2.48. The van der Waals surface area contributed by atoms with Gasteiger partial charge in [0.25, 0.3) is 5.69 Å². The second kappa shape index (κ2) is 6.38. The van der Waals surface area contributed by atoms with E-state index in [1.54, 1.807) is 30.3 Å². The number of methoxy groups -OCH3 is 1. The fourth-order valence-corrected chi connectivity index (χ4v) is 1.69. The lowest BCUT2D eigenvalue weighted by atomic mass is 10.2. The summed E-state index contributed by atoms with van der Waals surface area (Å²) in [5.74, 6) is 0.353. The van der Waals surface area contributed by atoms with Gasteiger partial charge in [-0.15, -0.1) is 0 Å². The Kier molecular flexibility index (Phi) is 4.35. The predicted molar refractivity (Wildman–Crippen MR) is 79.0 cm³/mol. The normalized spacial score (nSPS) is 10.5. The van der Waals surface area contributed by atoms with Crippen LogP contribution in [-0.2, 0) is 0 Å². The topological polar surface area (TPSA) is 97.0 Å². The highest BCUT2D eigenvalue weighted by Gasteiger charge is 2.10. The quantitative estimate of drug-likeness (QED) is 0.500. The molecule has 0 aliphatic heterocycles. The molecule has 0 bridgehead atoms. The van der Waals surface area contributed by atoms with Crippen molar-refractivity contribution in [2.75, 3.05) is 12.5 Å². The summed E-state index contributed by atoms with van der Waals surface area (Å²) in [5.41, 5.74) is 3.46. The maximum Gasteiger partial charge on any atom is 0.294 e. The lowest BCUT2D eigenvalue weighted by Crippen LogP contribution is -1.96. The first-order valence-electron chi connectivity index (χ1n) is 6.01. The fraction of sp³-hybridized carbons (Fsp3) is 0.0714. The lowest BCUT2D eigenvalue weighted by molar-refractivity contribution is -0.384. The number of nitrogens with one attached hydrogen (secondary N) is 1. The van der Waals surface area contributed by atoms with Crippen LogP contribution in [0.5, 0.6) is 11.5 Å². The molecule has 0 heterocycles. The number of ether oxygens (including phenoxy) is 1.